The minimum absolute atomic E-state index is 0.219. The fourth-order valence-corrected chi connectivity index (χ4v) is 4.27. The summed E-state index contributed by atoms with van der Waals surface area (Å²) in [6, 6.07) is 32.2. The van der Waals surface area contributed by atoms with E-state index in [2.05, 4.69) is 40.6 Å². The van der Waals surface area contributed by atoms with Gasteiger partial charge in [-0.25, -0.2) is 4.98 Å². The number of nitrogens with one attached hydrogen (secondary N) is 1. The van der Waals surface area contributed by atoms with Crippen LogP contribution in [0.2, 0.25) is 0 Å². The third-order valence-electron chi connectivity index (χ3n) is 5.34. The summed E-state index contributed by atoms with van der Waals surface area (Å²) in [7, 11) is 0. The lowest BCUT2D eigenvalue weighted by atomic mass is 10.1. The van der Waals surface area contributed by atoms with E-state index in [1.807, 2.05) is 72.1 Å². The van der Waals surface area contributed by atoms with Crippen molar-refractivity contribution in [3.8, 4) is 17.0 Å². The maximum atomic E-state index is 12.4. The zero-order valence-corrected chi connectivity index (χ0v) is 19.2. The normalized spacial score (nSPS) is 11.1. The monoisotopic (exact) mass is 462 g/mol. The van der Waals surface area contributed by atoms with Crippen molar-refractivity contribution in [2.24, 2.45) is 0 Å². The molecule has 0 radical (unpaired) electrons. The summed E-state index contributed by atoms with van der Waals surface area (Å²) in [6.07, 6.45) is 3.28. The fraction of sp³-hybridized carbons (Fsp3) is 0.0345. The number of carbonyl (C=O) groups excluding carboxylic acids is 1. The van der Waals surface area contributed by atoms with Crippen molar-refractivity contribution in [1.82, 2.24) is 4.98 Å². The van der Waals surface area contributed by atoms with Gasteiger partial charge < -0.3 is 4.74 Å². The standard InChI is InChI=1S/C29H22N2O2S/c32-28(17-12-21-10-15-26(16-11-21)33-19-22-6-2-1-3-7-22)31-29-30-27(20-34-29)25-14-13-23-8-4-5-9-24(23)18-25/h1-18,20H,19H2,(H,30,31,32)/b17-12+. The summed E-state index contributed by atoms with van der Waals surface area (Å²) in [4.78, 5) is 17.0. The van der Waals surface area contributed by atoms with Crippen LogP contribution in [0.1, 0.15) is 11.1 Å². The first-order valence-electron chi connectivity index (χ1n) is 10.9. The molecule has 4 aromatic carbocycles. The van der Waals surface area contributed by atoms with Gasteiger partial charge in [0.05, 0.1) is 5.69 Å². The number of fused-ring (bicyclic) bond motifs is 1. The molecule has 166 valence electrons. The van der Waals surface area contributed by atoms with Crippen LogP contribution in [0.5, 0.6) is 5.75 Å². The molecule has 5 rings (SSSR count). The molecule has 1 N–H and O–H groups in total. The molecule has 0 bridgehead atoms. The number of nitrogens with zero attached hydrogens (tertiary/aromatic N) is 1. The van der Waals surface area contributed by atoms with Crippen LogP contribution in [0.15, 0.2) is 109 Å². The number of amides is 1. The molecule has 34 heavy (non-hydrogen) atoms. The van der Waals surface area contributed by atoms with Gasteiger partial charge in [0.25, 0.3) is 0 Å². The number of anilines is 1. The van der Waals surface area contributed by atoms with Gasteiger partial charge in [0.15, 0.2) is 5.13 Å². The van der Waals surface area contributed by atoms with E-state index in [1.165, 1.54) is 22.8 Å². The summed E-state index contributed by atoms with van der Waals surface area (Å²) in [5, 5.41) is 7.73. The zero-order valence-electron chi connectivity index (χ0n) is 18.3. The number of rotatable bonds is 7. The minimum Gasteiger partial charge on any atom is -0.489 e. The Hall–Kier alpha value is -4.22. The second-order valence-electron chi connectivity index (χ2n) is 7.77. The highest BCUT2D eigenvalue weighted by atomic mass is 32.1. The number of hydrogen-bond donors (Lipinski definition) is 1. The predicted octanol–water partition coefficient (Wildman–Crippen LogP) is 7.19. The topological polar surface area (TPSA) is 51.2 Å². The number of hydrogen-bond acceptors (Lipinski definition) is 4. The van der Waals surface area contributed by atoms with E-state index in [1.54, 1.807) is 6.08 Å². The van der Waals surface area contributed by atoms with Gasteiger partial charge in [0.2, 0.25) is 5.91 Å². The molecule has 0 saturated heterocycles. The van der Waals surface area contributed by atoms with Crippen LogP contribution in [0.25, 0.3) is 28.1 Å². The third kappa shape index (κ3) is 5.39. The first-order valence-corrected chi connectivity index (χ1v) is 11.8. The average molecular weight is 463 g/mol. The Bertz CT molecular complexity index is 1440. The number of carbonyl (C=O) groups is 1. The Kier molecular flexibility index (Phi) is 6.45. The van der Waals surface area contributed by atoms with Crippen molar-refractivity contribution in [3.05, 3.63) is 120 Å². The lowest BCUT2D eigenvalue weighted by molar-refractivity contribution is -0.111. The SMILES string of the molecule is O=C(/C=C/c1ccc(OCc2ccccc2)cc1)Nc1nc(-c2ccc3ccccc3c2)cs1. The molecule has 0 aliphatic rings. The van der Waals surface area contributed by atoms with Crippen molar-refractivity contribution in [1.29, 1.82) is 0 Å². The quantitative estimate of drug-likeness (QED) is 0.260. The van der Waals surface area contributed by atoms with E-state index in [-0.39, 0.29) is 5.91 Å². The third-order valence-corrected chi connectivity index (χ3v) is 6.09. The Morgan fingerprint density at radius 2 is 1.65 bits per heavy atom. The molecule has 0 atom stereocenters. The summed E-state index contributed by atoms with van der Waals surface area (Å²) in [6.45, 7) is 0.521. The molecule has 0 fully saturated rings. The van der Waals surface area contributed by atoms with Crippen LogP contribution in [0.4, 0.5) is 5.13 Å². The molecule has 0 unspecified atom stereocenters. The van der Waals surface area contributed by atoms with Crippen LogP contribution < -0.4 is 10.1 Å². The Morgan fingerprint density at radius 1 is 0.882 bits per heavy atom. The Balaban J connectivity index is 1.17. The minimum atomic E-state index is -0.219. The van der Waals surface area contributed by atoms with E-state index >= 15 is 0 Å². The van der Waals surface area contributed by atoms with Gasteiger partial charge in [-0.3, -0.25) is 10.1 Å². The Morgan fingerprint density at radius 3 is 2.47 bits per heavy atom. The van der Waals surface area contributed by atoms with Crippen LogP contribution in [-0.2, 0) is 11.4 Å². The molecule has 5 aromatic rings. The van der Waals surface area contributed by atoms with E-state index in [0.29, 0.717) is 11.7 Å². The van der Waals surface area contributed by atoms with Gasteiger partial charge in [0.1, 0.15) is 12.4 Å². The van der Waals surface area contributed by atoms with E-state index < -0.39 is 0 Å². The molecule has 1 aromatic heterocycles. The molecule has 1 amide bonds. The van der Waals surface area contributed by atoms with Gasteiger partial charge in [-0.05, 0) is 46.2 Å². The van der Waals surface area contributed by atoms with E-state index in [4.69, 9.17) is 4.74 Å². The van der Waals surface area contributed by atoms with Gasteiger partial charge >= 0.3 is 0 Å². The molecule has 0 saturated carbocycles. The van der Waals surface area contributed by atoms with Crippen LogP contribution in [0.3, 0.4) is 0 Å². The summed E-state index contributed by atoms with van der Waals surface area (Å²) >= 11 is 1.41. The smallest absolute Gasteiger partial charge is 0.250 e. The molecule has 4 nitrogen and oxygen atoms in total. The molecular weight excluding hydrogens is 440 g/mol. The number of aromatic nitrogens is 1. The fourth-order valence-electron chi connectivity index (χ4n) is 3.55. The van der Waals surface area contributed by atoms with Crippen molar-refractivity contribution in [2.75, 3.05) is 5.32 Å². The van der Waals surface area contributed by atoms with Gasteiger partial charge in [-0.15, -0.1) is 11.3 Å². The van der Waals surface area contributed by atoms with Crippen LogP contribution in [0, 0.1) is 0 Å². The van der Waals surface area contributed by atoms with Crippen LogP contribution >= 0.6 is 11.3 Å². The number of thiazole rings is 1. The number of benzene rings is 4. The average Bonchev–Trinajstić information content (AvgIpc) is 3.35. The van der Waals surface area contributed by atoms with Gasteiger partial charge in [-0.2, -0.15) is 0 Å². The van der Waals surface area contributed by atoms with Crippen molar-refractivity contribution < 1.29 is 9.53 Å². The summed E-state index contributed by atoms with van der Waals surface area (Å²) < 4.78 is 5.80. The molecule has 0 aliphatic heterocycles. The van der Waals surface area contributed by atoms with Crippen molar-refractivity contribution in [2.45, 2.75) is 6.61 Å². The molecule has 5 heteroatoms. The van der Waals surface area contributed by atoms with Crippen molar-refractivity contribution in [3.63, 3.8) is 0 Å². The van der Waals surface area contributed by atoms with Gasteiger partial charge in [0, 0.05) is 17.0 Å². The lowest BCUT2D eigenvalue weighted by Gasteiger charge is -2.06. The highest BCUT2D eigenvalue weighted by Gasteiger charge is 2.07. The maximum absolute atomic E-state index is 12.4. The molecular formula is C29H22N2O2S. The highest BCUT2D eigenvalue weighted by molar-refractivity contribution is 7.14. The second-order valence-corrected chi connectivity index (χ2v) is 8.62. The maximum Gasteiger partial charge on any atom is 0.250 e. The Labute approximate surface area is 202 Å². The zero-order chi connectivity index (χ0) is 23.2. The highest BCUT2D eigenvalue weighted by Crippen LogP contribution is 2.27. The van der Waals surface area contributed by atoms with E-state index in [9.17, 15) is 4.79 Å². The molecule has 0 aliphatic carbocycles. The first kappa shape index (κ1) is 21.6. The largest absolute Gasteiger partial charge is 0.489 e. The second kappa shape index (κ2) is 10.1. The molecule has 1 heterocycles. The predicted molar refractivity (Wildman–Crippen MR) is 140 cm³/mol. The molecule has 0 spiro atoms. The first-order chi connectivity index (χ1) is 16.7. The lowest BCUT2D eigenvalue weighted by Crippen LogP contribution is -2.07. The van der Waals surface area contributed by atoms with Gasteiger partial charge in [-0.1, -0.05) is 78.9 Å². The van der Waals surface area contributed by atoms with E-state index in [0.717, 1.165) is 33.5 Å². The summed E-state index contributed by atoms with van der Waals surface area (Å²) in [5.74, 6) is 0.568. The summed E-state index contributed by atoms with van der Waals surface area (Å²) in [5.41, 5.74) is 3.91. The van der Waals surface area contributed by atoms with Crippen molar-refractivity contribution >= 4 is 39.2 Å². The van der Waals surface area contributed by atoms with Crippen LogP contribution in [-0.4, -0.2) is 10.9 Å². The number of ether oxygens (including phenoxy) is 1.